The normalized spacial score (nSPS) is 10.2. The molecular weight excluding hydrogens is 262 g/mol. The summed E-state index contributed by atoms with van der Waals surface area (Å²) in [4.78, 5) is 15.9. The number of anilines is 2. The van der Waals surface area contributed by atoms with E-state index in [9.17, 15) is 4.79 Å². The zero-order valence-electron chi connectivity index (χ0n) is 10.6. The van der Waals surface area contributed by atoms with E-state index in [1.54, 1.807) is 36.6 Å². The lowest BCUT2D eigenvalue weighted by Crippen LogP contribution is -2.10. The lowest BCUT2D eigenvalue weighted by molar-refractivity contribution is 0.0527. The number of benzene rings is 1. The molecule has 0 radical (unpaired) electrons. The lowest BCUT2D eigenvalue weighted by atomic mass is 10.1. The molecule has 19 heavy (non-hydrogen) atoms. The predicted octanol–water partition coefficient (Wildman–Crippen LogP) is 2.51. The Kier molecular flexibility index (Phi) is 4.35. The minimum absolute atomic E-state index is 0.328. The van der Waals surface area contributed by atoms with Crippen LogP contribution in [-0.2, 0) is 11.3 Å². The summed E-state index contributed by atoms with van der Waals surface area (Å²) in [5.74, 6) is -0.405. The SMILES string of the molecule is CCOC(=O)c1cccc(NCc2nccs2)c1N. The molecule has 0 bridgehead atoms. The second-order valence-corrected chi connectivity index (χ2v) is 4.75. The monoisotopic (exact) mass is 277 g/mol. The summed E-state index contributed by atoms with van der Waals surface area (Å²) in [6.45, 7) is 2.67. The first-order valence-electron chi connectivity index (χ1n) is 5.90. The van der Waals surface area contributed by atoms with E-state index in [2.05, 4.69) is 10.3 Å². The smallest absolute Gasteiger partial charge is 0.340 e. The number of rotatable bonds is 5. The third kappa shape index (κ3) is 3.23. The van der Waals surface area contributed by atoms with Crippen molar-refractivity contribution in [1.29, 1.82) is 0 Å². The van der Waals surface area contributed by atoms with Crippen molar-refractivity contribution in [3.8, 4) is 0 Å². The van der Waals surface area contributed by atoms with E-state index in [-0.39, 0.29) is 0 Å². The van der Waals surface area contributed by atoms with Crippen molar-refractivity contribution in [1.82, 2.24) is 4.98 Å². The van der Waals surface area contributed by atoms with Crippen LogP contribution in [0, 0.1) is 0 Å². The van der Waals surface area contributed by atoms with Gasteiger partial charge in [0.25, 0.3) is 0 Å². The van der Waals surface area contributed by atoms with Crippen LogP contribution < -0.4 is 11.1 Å². The second-order valence-electron chi connectivity index (χ2n) is 3.77. The molecule has 3 N–H and O–H groups in total. The molecule has 1 aromatic heterocycles. The molecule has 6 heteroatoms. The minimum Gasteiger partial charge on any atom is -0.462 e. The Morgan fingerprint density at radius 2 is 2.37 bits per heavy atom. The van der Waals surface area contributed by atoms with Crippen LogP contribution in [0.4, 0.5) is 11.4 Å². The first-order chi connectivity index (χ1) is 9.22. The van der Waals surface area contributed by atoms with Crippen LogP contribution in [0.5, 0.6) is 0 Å². The minimum atomic E-state index is -0.405. The van der Waals surface area contributed by atoms with E-state index in [0.717, 1.165) is 5.01 Å². The molecule has 1 heterocycles. The van der Waals surface area contributed by atoms with Gasteiger partial charge >= 0.3 is 5.97 Å². The van der Waals surface area contributed by atoms with E-state index in [1.165, 1.54) is 0 Å². The van der Waals surface area contributed by atoms with Crippen LogP contribution in [0.15, 0.2) is 29.8 Å². The maximum atomic E-state index is 11.7. The molecule has 0 saturated carbocycles. The molecule has 1 aromatic carbocycles. The van der Waals surface area contributed by atoms with Gasteiger partial charge in [-0.05, 0) is 19.1 Å². The molecule has 0 saturated heterocycles. The van der Waals surface area contributed by atoms with Crippen LogP contribution in [0.3, 0.4) is 0 Å². The summed E-state index contributed by atoms with van der Waals surface area (Å²) in [6, 6.07) is 5.25. The zero-order valence-corrected chi connectivity index (χ0v) is 11.4. The highest BCUT2D eigenvalue weighted by Gasteiger charge is 2.13. The number of carbonyl (C=O) groups is 1. The number of nitrogen functional groups attached to an aromatic ring is 1. The molecule has 100 valence electrons. The topological polar surface area (TPSA) is 77.2 Å². The summed E-state index contributed by atoms with van der Waals surface area (Å²) in [6.07, 6.45) is 1.75. The molecular formula is C13H15N3O2S. The number of para-hydroxylation sites is 1. The molecule has 0 atom stereocenters. The number of aromatic nitrogens is 1. The van der Waals surface area contributed by atoms with E-state index in [4.69, 9.17) is 10.5 Å². The van der Waals surface area contributed by atoms with Crippen molar-refractivity contribution in [3.63, 3.8) is 0 Å². The van der Waals surface area contributed by atoms with E-state index >= 15 is 0 Å². The van der Waals surface area contributed by atoms with Crippen molar-refractivity contribution in [2.75, 3.05) is 17.7 Å². The number of hydrogen-bond donors (Lipinski definition) is 2. The van der Waals surface area contributed by atoms with Gasteiger partial charge in [0.05, 0.1) is 30.1 Å². The third-order valence-corrected chi connectivity index (χ3v) is 3.29. The van der Waals surface area contributed by atoms with E-state index in [1.807, 2.05) is 11.4 Å². The third-order valence-electron chi connectivity index (χ3n) is 2.51. The number of thiazole rings is 1. The molecule has 2 rings (SSSR count). The number of hydrogen-bond acceptors (Lipinski definition) is 6. The highest BCUT2D eigenvalue weighted by atomic mass is 32.1. The highest BCUT2D eigenvalue weighted by Crippen LogP contribution is 2.24. The van der Waals surface area contributed by atoms with Gasteiger partial charge in [0.15, 0.2) is 0 Å². The Hall–Kier alpha value is -2.08. The van der Waals surface area contributed by atoms with Gasteiger partial charge in [-0.3, -0.25) is 0 Å². The average molecular weight is 277 g/mol. The molecule has 0 fully saturated rings. The first-order valence-corrected chi connectivity index (χ1v) is 6.78. The van der Waals surface area contributed by atoms with Crippen molar-refractivity contribution in [2.45, 2.75) is 13.5 Å². The van der Waals surface area contributed by atoms with Crippen molar-refractivity contribution in [3.05, 3.63) is 40.3 Å². The fraction of sp³-hybridized carbons (Fsp3) is 0.231. The van der Waals surface area contributed by atoms with Crippen LogP contribution in [0.1, 0.15) is 22.3 Å². The molecule has 0 amide bonds. The van der Waals surface area contributed by atoms with Gasteiger partial charge in [-0.2, -0.15) is 0 Å². The molecule has 5 nitrogen and oxygen atoms in total. The number of nitrogens with one attached hydrogen (secondary N) is 1. The van der Waals surface area contributed by atoms with Gasteiger partial charge < -0.3 is 15.8 Å². The zero-order chi connectivity index (χ0) is 13.7. The number of nitrogens with two attached hydrogens (primary N) is 1. The Balaban J connectivity index is 2.13. The standard InChI is InChI=1S/C13H15N3O2S/c1-2-18-13(17)9-4-3-5-10(12(9)14)16-8-11-15-6-7-19-11/h3-7,16H,2,8,14H2,1H3. The molecule has 0 unspecified atom stereocenters. The molecule has 0 spiro atoms. The van der Waals surface area contributed by atoms with Gasteiger partial charge in [-0.15, -0.1) is 11.3 Å². The number of ether oxygens (including phenoxy) is 1. The maximum Gasteiger partial charge on any atom is 0.340 e. The van der Waals surface area contributed by atoms with Crippen LogP contribution in [-0.4, -0.2) is 17.6 Å². The summed E-state index contributed by atoms with van der Waals surface area (Å²) >= 11 is 1.56. The van der Waals surface area contributed by atoms with Gasteiger partial charge in [-0.1, -0.05) is 6.07 Å². The fourth-order valence-corrected chi connectivity index (χ4v) is 2.17. The van der Waals surface area contributed by atoms with E-state index < -0.39 is 5.97 Å². The molecule has 0 aliphatic rings. The van der Waals surface area contributed by atoms with Crippen molar-refractivity contribution in [2.24, 2.45) is 0 Å². The fourth-order valence-electron chi connectivity index (χ4n) is 1.62. The first kappa shape index (κ1) is 13.4. The summed E-state index contributed by atoms with van der Waals surface area (Å²) < 4.78 is 4.96. The van der Waals surface area contributed by atoms with Crippen LogP contribution >= 0.6 is 11.3 Å². The summed E-state index contributed by atoms with van der Waals surface area (Å²) in [5.41, 5.74) is 7.46. The van der Waals surface area contributed by atoms with Crippen LogP contribution in [0.2, 0.25) is 0 Å². The second kappa shape index (κ2) is 6.19. The van der Waals surface area contributed by atoms with Gasteiger partial charge in [0, 0.05) is 11.6 Å². The average Bonchev–Trinajstić information content (AvgIpc) is 2.91. The van der Waals surface area contributed by atoms with Crippen LogP contribution in [0.25, 0.3) is 0 Å². The van der Waals surface area contributed by atoms with Crippen molar-refractivity contribution >= 4 is 28.7 Å². The predicted molar refractivity (Wildman–Crippen MR) is 76.3 cm³/mol. The summed E-state index contributed by atoms with van der Waals surface area (Å²) in [7, 11) is 0. The lowest BCUT2D eigenvalue weighted by Gasteiger charge is -2.11. The Morgan fingerprint density at radius 3 is 3.05 bits per heavy atom. The molecule has 2 aromatic rings. The number of nitrogens with zero attached hydrogens (tertiary/aromatic N) is 1. The quantitative estimate of drug-likeness (QED) is 0.648. The molecule has 0 aliphatic carbocycles. The number of esters is 1. The highest BCUT2D eigenvalue weighted by molar-refractivity contribution is 7.09. The van der Waals surface area contributed by atoms with Crippen molar-refractivity contribution < 1.29 is 9.53 Å². The Morgan fingerprint density at radius 1 is 1.53 bits per heavy atom. The van der Waals surface area contributed by atoms with Gasteiger partial charge in [-0.25, -0.2) is 9.78 Å². The Bertz CT molecular complexity index is 555. The molecule has 0 aliphatic heterocycles. The Labute approximate surface area is 115 Å². The maximum absolute atomic E-state index is 11.7. The van der Waals surface area contributed by atoms with E-state index in [0.29, 0.717) is 30.1 Å². The number of carbonyl (C=O) groups excluding carboxylic acids is 1. The largest absolute Gasteiger partial charge is 0.462 e. The summed E-state index contributed by atoms with van der Waals surface area (Å²) in [5, 5.41) is 6.04. The van der Waals surface area contributed by atoms with Gasteiger partial charge in [0.1, 0.15) is 5.01 Å². The van der Waals surface area contributed by atoms with Gasteiger partial charge in [0.2, 0.25) is 0 Å².